The number of nitrogens with zero attached hydrogens (tertiary/aromatic N) is 2. The van der Waals surface area contributed by atoms with Crippen LogP contribution in [0.2, 0.25) is 0 Å². The van der Waals surface area contributed by atoms with E-state index in [0.717, 1.165) is 44.8 Å². The number of anilines is 1. The minimum Gasteiger partial charge on any atom is -0.322 e. The van der Waals surface area contributed by atoms with E-state index in [1.165, 1.54) is 0 Å². The van der Waals surface area contributed by atoms with Gasteiger partial charge in [0.2, 0.25) is 0 Å². The molecule has 5 rings (SSSR count). The van der Waals surface area contributed by atoms with Crippen LogP contribution in [0.25, 0.3) is 33.5 Å². The zero-order chi connectivity index (χ0) is 21.9. The number of carbonyl (C=O) groups is 1. The van der Waals surface area contributed by atoms with Crippen molar-refractivity contribution in [2.75, 3.05) is 5.32 Å². The number of benzene rings is 4. The normalized spacial score (nSPS) is 10.8. The summed E-state index contributed by atoms with van der Waals surface area (Å²) in [4.78, 5) is 22.5. The Labute approximate surface area is 186 Å². The Kier molecular flexibility index (Phi) is 5.18. The van der Waals surface area contributed by atoms with Gasteiger partial charge in [0.1, 0.15) is 0 Å². The zero-order valence-corrected chi connectivity index (χ0v) is 17.6. The minimum atomic E-state index is -0.145. The molecule has 4 nitrogen and oxygen atoms in total. The molecule has 0 aliphatic carbocycles. The highest BCUT2D eigenvalue weighted by atomic mass is 16.1. The highest BCUT2D eigenvalue weighted by Crippen LogP contribution is 2.31. The number of nitrogens with one attached hydrogen (secondary N) is 1. The van der Waals surface area contributed by atoms with Crippen LogP contribution in [-0.2, 0) is 0 Å². The second kappa shape index (κ2) is 8.44. The van der Waals surface area contributed by atoms with Crippen molar-refractivity contribution in [2.24, 2.45) is 0 Å². The first-order valence-corrected chi connectivity index (χ1v) is 10.5. The molecule has 0 spiro atoms. The van der Waals surface area contributed by atoms with E-state index in [1.807, 2.05) is 110 Å². The first kappa shape index (κ1) is 19.6. The number of fused-ring (bicyclic) bond motifs is 1. The molecule has 0 bridgehead atoms. The lowest BCUT2D eigenvalue weighted by Crippen LogP contribution is -2.11. The molecule has 154 valence electrons. The van der Waals surface area contributed by atoms with Gasteiger partial charge in [-0.05, 0) is 43.3 Å². The fourth-order valence-electron chi connectivity index (χ4n) is 3.62. The molecule has 0 saturated carbocycles. The standard InChI is InChI=1S/C28H21N3O/c1-19-11-17-23(18-12-19)29-28(32)22-15-13-21(14-16-22)27-26(20-7-3-2-4-8-20)30-24-9-5-6-10-25(24)31-27/h2-18H,1H3,(H,29,32). The molecule has 1 heterocycles. The number of para-hydroxylation sites is 2. The van der Waals surface area contributed by atoms with Crippen LogP contribution >= 0.6 is 0 Å². The van der Waals surface area contributed by atoms with Gasteiger partial charge in [0.25, 0.3) is 5.91 Å². The summed E-state index contributed by atoms with van der Waals surface area (Å²) in [6.45, 7) is 2.02. The summed E-state index contributed by atoms with van der Waals surface area (Å²) >= 11 is 0. The molecule has 1 aromatic heterocycles. The van der Waals surface area contributed by atoms with Crippen molar-refractivity contribution in [3.05, 3.63) is 114 Å². The van der Waals surface area contributed by atoms with Crippen molar-refractivity contribution in [3.8, 4) is 22.5 Å². The van der Waals surface area contributed by atoms with Crippen LogP contribution in [0.15, 0.2) is 103 Å². The van der Waals surface area contributed by atoms with Gasteiger partial charge in [-0.3, -0.25) is 4.79 Å². The van der Waals surface area contributed by atoms with Gasteiger partial charge in [-0.1, -0.05) is 72.3 Å². The van der Waals surface area contributed by atoms with Crippen molar-refractivity contribution in [1.82, 2.24) is 9.97 Å². The third kappa shape index (κ3) is 3.98. The van der Waals surface area contributed by atoms with E-state index in [4.69, 9.17) is 9.97 Å². The lowest BCUT2D eigenvalue weighted by Gasteiger charge is -2.11. The molecule has 4 heteroatoms. The van der Waals surface area contributed by atoms with Gasteiger partial charge in [0, 0.05) is 22.4 Å². The summed E-state index contributed by atoms with van der Waals surface area (Å²) < 4.78 is 0. The minimum absolute atomic E-state index is 0.145. The Morgan fingerprint density at radius 1 is 0.625 bits per heavy atom. The second-order valence-electron chi connectivity index (χ2n) is 7.67. The maximum absolute atomic E-state index is 12.7. The van der Waals surface area contributed by atoms with Crippen LogP contribution in [0.4, 0.5) is 5.69 Å². The van der Waals surface area contributed by atoms with E-state index < -0.39 is 0 Å². The molecule has 32 heavy (non-hydrogen) atoms. The number of hydrogen-bond acceptors (Lipinski definition) is 3. The second-order valence-corrected chi connectivity index (χ2v) is 7.67. The topological polar surface area (TPSA) is 54.9 Å². The molecule has 0 aliphatic heterocycles. The Morgan fingerprint density at radius 3 is 1.75 bits per heavy atom. The largest absolute Gasteiger partial charge is 0.322 e. The van der Waals surface area contributed by atoms with Crippen molar-refractivity contribution in [1.29, 1.82) is 0 Å². The van der Waals surface area contributed by atoms with Crippen LogP contribution < -0.4 is 5.32 Å². The first-order chi connectivity index (χ1) is 15.7. The summed E-state index contributed by atoms with van der Waals surface area (Å²) in [6.07, 6.45) is 0. The Morgan fingerprint density at radius 2 is 1.16 bits per heavy atom. The van der Waals surface area contributed by atoms with Gasteiger partial charge in [0.15, 0.2) is 0 Å². The molecule has 1 amide bonds. The first-order valence-electron chi connectivity index (χ1n) is 10.5. The molecule has 0 saturated heterocycles. The highest BCUT2D eigenvalue weighted by molar-refractivity contribution is 6.04. The molecule has 0 aliphatic rings. The summed E-state index contributed by atoms with van der Waals surface area (Å²) in [5.74, 6) is -0.145. The molecule has 0 atom stereocenters. The fraction of sp³-hybridized carbons (Fsp3) is 0.0357. The SMILES string of the molecule is Cc1ccc(NC(=O)c2ccc(-c3nc4ccccc4nc3-c3ccccc3)cc2)cc1. The Hall–Kier alpha value is -4.31. The van der Waals surface area contributed by atoms with Gasteiger partial charge < -0.3 is 5.32 Å². The Bertz CT molecular complexity index is 1390. The van der Waals surface area contributed by atoms with Gasteiger partial charge in [-0.2, -0.15) is 0 Å². The molecule has 0 radical (unpaired) electrons. The van der Waals surface area contributed by atoms with Crippen molar-refractivity contribution >= 4 is 22.6 Å². The van der Waals surface area contributed by atoms with Crippen LogP contribution in [0.5, 0.6) is 0 Å². The van der Waals surface area contributed by atoms with Gasteiger partial charge in [-0.15, -0.1) is 0 Å². The lowest BCUT2D eigenvalue weighted by atomic mass is 10.0. The predicted molar refractivity (Wildman–Crippen MR) is 130 cm³/mol. The van der Waals surface area contributed by atoms with Crippen molar-refractivity contribution in [2.45, 2.75) is 6.92 Å². The summed E-state index contributed by atoms with van der Waals surface area (Å²) in [7, 11) is 0. The number of amides is 1. The number of rotatable bonds is 4. The smallest absolute Gasteiger partial charge is 0.255 e. The molecular formula is C28H21N3O. The van der Waals surface area contributed by atoms with Gasteiger partial charge >= 0.3 is 0 Å². The third-order valence-corrected chi connectivity index (χ3v) is 5.35. The van der Waals surface area contributed by atoms with Crippen molar-refractivity contribution < 1.29 is 4.79 Å². The number of aromatic nitrogens is 2. The average molecular weight is 415 g/mol. The van der Waals surface area contributed by atoms with E-state index in [2.05, 4.69) is 5.32 Å². The quantitative estimate of drug-likeness (QED) is 0.363. The molecule has 0 unspecified atom stereocenters. The third-order valence-electron chi connectivity index (χ3n) is 5.35. The van der Waals surface area contributed by atoms with E-state index in [1.54, 1.807) is 0 Å². The number of aryl methyl sites for hydroxylation is 1. The van der Waals surface area contributed by atoms with E-state index in [0.29, 0.717) is 5.56 Å². The van der Waals surface area contributed by atoms with Crippen LogP contribution in [-0.4, -0.2) is 15.9 Å². The summed E-state index contributed by atoms with van der Waals surface area (Å²) in [6, 6.07) is 33.1. The fourth-order valence-corrected chi connectivity index (χ4v) is 3.62. The molecule has 1 N–H and O–H groups in total. The maximum atomic E-state index is 12.7. The molecule has 5 aromatic rings. The number of carbonyl (C=O) groups excluding carboxylic acids is 1. The molecule has 4 aromatic carbocycles. The Balaban J connectivity index is 1.51. The zero-order valence-electron chi connectivity index (χ0n) is 17.6. The van der Waals surface area contributed by atoms with Crippen LogP contribution in [0.1, 0.15) is 15.9 Å². The predicted octanol–water partition coefficient (Wildman–Crippen LogP) is 6.52. The van der Waals surface area contributed by atoms with Gasteiger partial charge in [-0.25, -0.2) is 9.97 Å². The van der Waals surface area contributed by atoms with Crippen molar-refractivity contribution in [3.63, 3.8) is 0 Å². The van der Waals surface area contributed by atoms with Gasteiger partial charge in [0.05, 0.1) is 22.4 Å². The van der Waals surface area contributed by atoms with E-state index in [9.17, 15) is 4.79 Å². The summed E-state index contributed by atoms with van der Waals surface area (Å²) in [5, 5.41) is 2.94. The monoisotopic (exact) mass is 415 g/mol. The summed E-state index contributed by atoms with van der Waals surface area (Å²) in [5.41, 5.74) is 7.73. The maximum Gasteiger partial charge on any atom is 0.255 e. The average Bonchev–Trinajstić information content (AvgIpc) is 2.85. The highest BCUT2D eigenvalue weighted by Gasteiger charge is 2.14. The van der Waals surface area contributed by atoms with E-state index in [-0.39, 0.29) is 5.91 Å². The van der Waals surface area contributed by atoms with Crippen LogP contribution in [0.3, 0.4) is 0 Å². The lowest BCUT2D eigenvalue weighted by molar-refractivity contribution is 0.102. The molecular weight excluding hydrogens is 394 g/mol. The number of hydrogen-bond donors (Lipinski definition) is 1. The molecule has 0 fully saturated rings. The van der Waals surface area contributed by atoms with Crippen LogP contribution in [0, 0.1) is 6.92 Å². The van der Waals surface area contributed by atoms with E-state index >= 15 is 0 Å².